The molecular weight excluding hydrogens is 232 g/mol. The molecule has 86 valence electrons. The molecule has 0 saturated carbocycles. The zero-order valence-electron chi connectivity index (χ0n) is 9.61. The smallest absolute Gasteiger partial charge is 0.252 e. The van der Waals surface area contributed by atoms with Gasteiger partial charge in [-0.05, 0) is 46.8 Å². The third kappa shape index (κ3) is 2.56. The molecular formula is C15H13ClO. The highest BCUT2D eigenvalue weighted by Crippen LogP contribution is 2.24. The van der Waals surface area contributed by atoms with E-state index >= 15 is 0 Å². The predicted molar refractivity (Wildman–Crippen MR) is 71.4 cm³/mol. The summed E-state index contributed by atoms with van der Waals surface area (Å²) in [6, 6.07) is 15.7. The third-order valence-corrected chi connectivity index (χ3v) is 3.04. The van der Waals surface area contributed by atoms with E-state index in [0.29, 0.717) is 5.56 Å². The van der Waals surface area contributed by atoms with E-state index in [9.17, 15) is 4.79 Å². The van der Waals surface area contributed by atoms with Gasteiger partial charge in [-0.3, -0.25) is 4.79 Å². The van der Waals surface area contributed by atoms with E-state index in [1.165, 1.54) is 11.1 Å². The molecule has 0 radical (unpaired) electrons. The lowest BCUT2D eigenvalue weighted by Gasteiger charge is -2.07. The summed E-state index contributed by atoms with van der Waals surface area (Å²) in [6.07, 6.45) is 0.992. The average molecular weight is 245 g/mol. The Balaban J connectivity index is 2.43. The maximum absolute atomic E-state index is 11.0. The Labute approximate surface area is 106 Å². The zero-order valence-corrected chi connectivity index (χ0v) is 10.4. The van der Waals surface area contributed by atoms with Crippen molar-refractivity contribution >= 4 is 16.8 Å². The van der Waals surface area contributed by atoms with Crippen LogP contribution in [0.25, 0.3) is 11.1 Å². The molecule has 0 aliphatic carbocycles. The Hall–Kier alpha value is -1.60. The van der Waals surface area contributed by atoms with Gasteiger partial charge in [0.1, 0.15) is 0 Å². The fourth-order valence-corrected chi connectivity index (χ4v) is 2.02. The van der Waals surface area contributed by atoms with Crippen molar-refractivity contribution in [2.24, 2.45) is 0 Å². The van der Waals surface area contributed by atoms with Crippen LogP contribution in [-0.4, -0.2) is 5.24 Å². The van der Waals surface area contributed by atoms with E-state index < -0.39 is 5.24 Å². The van der Waals surface area contributed by atoms with Gasteiger partial charge < -0.3 is 0 Å². The van der Waals surface area contributed by atoms with Gasteiger partial charge in [-0.2, -0.15) is 0 Å². The van der Waals surface area contributed by atoms with Crippen LogP contribution < -0.4 is 0 Å². The highest BCUT2D eigenvalue weighted by Gasteiger charge is 2.05. The third-order valence-electron chi connectivity index (χ3n) is 2.82. The van der Waals surface area contributed by atoms with Crippen molar-refractivity contribution in [3.8, 4) is 11.1 Å². The van der Waals surface area contributed by atoms with Crippen LogP contribution in [-0.2, 0) is 6.42 Å². The summed E-state index contributed by atoms with van der Waals surface area (Å²) in [7, 11) is 0. The zero-order chi connectivity index (χ0) is 12.3. The molecule has 0 spiro atoms. The summed E-state index contributed by atoms with van der Waals surface area (Å²) in [6.45, 7) is 2.13. The predicted octanol–water partition coefficient (Wildman–Crippen LogP) is 4.30. The second kappa shape index (κ2) is 5.15. The van der Waals surface area contributed by atoms with Gasteiger partial charge >= 0.3 is 0 Å². The summed E-state index contributed by atoms with van der Waals surface area (Å²) in [5.74, 6) is 0. The van der Waals surface area contributed by atoms with Crippen molar-refractivity contribution < 1.29 is 4.79 Å². The van der Waals surface area contributed by atoms with E-state index in [-0.39, 0.29) is 0 Å². The van der Waals surface area contributed by atoms with Crippen LogP contribution in [0.2, 0.25) is 0 Å². The van der Waals surface area contributed by atoms with E-state index in [1.54, 1.807) is 12.1 Å². The molecule has 0 unspecified atom stereocenters. The van der Waals surface area contributed by atoms with Gasteiger partial charge in [0.05, 0.1) is 0 Å². The summed E-state index contributed by atoms with van der Waals surface area (Å²) in [5.41, 5.74) is 4.16. The monoisotopic (exact) mass is 244 g/mol. The molecule has 0 bridgehead atoms. The first-order valence-electron chi connectivity index (χ1n) is 5.60. The first kappa shape index (κ1) is 11.9. The molecule has 2 heteroatoms. The van der Waals surface area contributed by atoms with Crippen LogP contribution in [0.15, 0.2) is 48.5 Å². The number of benzene rings is 2. The molecule has 2 rings (SSSR count). The SMILES string of the molecule is CCc1ccccc1-c1ccc(C(=O)Cl)cc1. The highest BCUT2D eigenvalue weighted by atomic mass is 35.5. The Kier molecular flexibility index (Phi) is 3.60. The van der Waals surface area contributed by atoms with Gasteiger partial charge in [0.15, 0.2) is 0 Å². The average Bonchev–Trinajstić information content (AvgIpc) is 2.39. The molecule has 1 nitrogen and oxygen atoms in total. The number of hydrogen-bond acceptors (Lipinski definition) is 1. The van der Waals surface area contributed by atoms with Gasteiger partial charge in [-0.1, -0.05) is 43.3 Å². The maximum atomic E-state index is 11.0. The minimum Gasteiger partial charge on any atom is -0.276 e. The minimum absolute atomic E-state index is 0.416. The summed E-state index contributed by atoms with van der Waals surface area (Å²) >= 11 is 5.42. The number of carbonyl (C=O) groups excluding carboxylic acids is 1. The Bertz CT molecular complexity index is 529. The molecule has 0 amide bonds. The Morgan fingerprint density at radius 3 is 2.29 bits per heavy atom. The van der Waals surface area contributed by atoms with Gasteiger partial charge in [0, 0.05) is 5.56 Å². The molecule has 0 saturated heterocycles. The minimum atomic E-state index is -0.416. The van der Waals surface area contributed by atoms with Crippen molar-refractivity contribution in [1.82, 2.24) is 0 Å². The van der Waals surface area contributed by atoms with Crippen LogP contribution in [0.3, 0.4) is 0 Å². The van der Waals surface area contributed by atoms with E-state index in [4.69, 9.17) is 11.6 Å². The van der Waals surface area contributed by atoms with Crippen LogP contribution in [0.1, 0.15) is 22.8 Å². The quantitative estimate of drug-likeness (QED) is 0.736. The largest absolute Gasteiger partial charge is 0.276 e. The van der Waals surface area contributed by atoms with Gasteiger partial charge in [0.2, 0.25) is 0 Å². The Morgan fingerprint density at radius 2 is 1.71 bits per heavy atom. The van der Waals surface area contributed by atoms with E-state index in [2.05, 4.69) is 19.1 Å². The fraction of sp³-hybridized carbons (Fsp3) is 0.133. The molecule has 0 aliphatic heterocycles. The number of rotatable bonds is 3. The second-order valence-corrected chi connectivity index (χ2v) is 4.21. The Morgan fingerprint density at radius 1 is 1.06 bits per heavy atom. The molecule has 2 aromatic rings. The molecule has 0 aliphatic rings. The molecule has 0 aromatic heterocycles. The number of hydrogen-bond donors (Lipinski definition) is 0. The summed E-state index contributed by atoms with van der Waals surface area (Å²) in [4.78, 5) is 11.0. The lowest BCUT2D eigenvalue weighted by molar-refractivity contribution is 0.108. The normalized spacial score (nSPS) is 10.2. The summed E-state index contributed by atoms with van der Waals surface area (Å²) in [5, 5.41) is -0.416. The van der Waals surface area contributed by atoms with E-state index in [0.717, 1.165) is 12.0 Å². The first-order chi connectivity index (χ1) is 8.22. The van der Waals surface area contributed by atoms with Crippen LogP contribution in [0, 0.1) is 0 Å². The molecule has 0 N–H and O–H groups in total. The standard InChI is InChI=1S/C15H13ClO/c1-2-11-5-3-4-6-14(11)12-7-9-13(10-8-12)15(16)17/h3-10H,2H2,1H3. The van der Waals surface area contributed by atoms with Crippen LogP contribution in [0.4, 0.5) is 0 Å². The topological polar surface area (TPSA) is 17.1 Å². The van der Waals surface area contributed by atoms with Crippen LogP contribution in [0.5, 0.6) is 0 Å². The molecule has 2 aromatic carbocycles. The second-order valence-electron chi connectivity index (χ2n) is 3.86. The number of carbonyl (C=O) groups is 1. The summed E-state index contributed by atoms with van der Waals surface area (Å²) < 4.78 is 0. The lowest BCUT2D eigenvalue weighted by Crippen LogP contribution is -1.90. The lowest BCUT2D eigenvalue weighted by atomic mass is 9.97. The molecule has 17 heavy (non-hydrogen) atoms. The van der Waals surface area contributed by atoms with Gasteiger partial charge in [0.25, 0.3) is 5.24 Å². The van der Waals surface area contributed by atoms with Crippen molar-refractivity contribution in [2.45, 2.75) is 13.3 Å². The molecule has 0 atom stereocenters. The molecule has 0 heterocycles. The van der Waals surface area contributed by atoms with Gasteiger partial charge in [-0.15, -0.1) is 0 Å². The molecule has 0 fully saturated rings. The number of aryl methyl sites for hydroxylation is 1. The number of halogens is 1. The van der Waals surface area contributed by atoms with Gasteiger partial charge in [-0.25, -0.2) is 0 Å². The van der Waals surface area contributed by atoms with Crippen molar-refractivity contribution in [3.05, 3.63) is 59.7 Å². The first-order valence-corrected chi connectivity index (χ1v) is 5.98. The fourth-order valence-electron chi connectivity index (χ4n) is 1.89. The highest BCUT2D eigenvalue weighted by molar-refractivity contribution is 6.67. The van der Waals surface area contributed by atoms with E-state index in [1.807, 2.05) is 24.3 Å². The maximum Gasteiger partial charge on any atom is 0.252 e. The van der Waals surface area contributed by atoms with Crippen molar-refractivity contribution in [3.63, 3.8) is 0 Å². The van der Waals surface area contributed by atoms with Crippen molar-refractivity contribution in [1.29, 1.82) is 0 Å². The van der Waals surface area contributed by atoms with Crippen molar-refractivity contribution in [2.75, 3.05) is 0 Å². The van der Waals surface area contributed by atoms with Crippen LogP contribution >= 0.6 is 11.6 Å².